The van der Waals surface area contributed by atoms with Crippen molar-refractivity contribution in [3.63, 3.8) is 0 Å². The Morgan fingerprint density at radius 3 is 2.63 bits per heavy atom. The second kappa shape index (κ2) is 6.37. The van der Waals surface area contributed by atoms with E-state index in [9.17, 15) is 0 Å². The van der Waals surface area contributed by atoms with Gasteiger partial charge in [0.15, 0.2) is 6.29 Å². The summed E-state index contributed by atoms with van der Waals surface area (Å²) in [7, 11) is 3.32. The summed E-state index contributed by atoms with van der Waals surface area (Å²) in [5, 5.41) is 3.60. The predicted octanol–water partition coefficient (Wildman–Crippen LogP) is 2.35. The van der Waals surface area contributed by atoms with Gasteiger partial charge in [-0.1, -0.05) is 25.1 Å². The zero-order valence-electron chi connectivity index (χ0n) is 12.1. The number of methoxy groups -OCH3 is 2. The van der Waals surface area contributed by atoms with E-state index in [1.54, 1.807) is 14.2 Å². The molecule has 106 valence electrons. The van der Waals surface area contributed by atoms with E-state index in [4.69, 9.17) is 14.2 Å². The number of hydrogen-bond acceptors (Lipinski definition) is 4. The number of rotatable bonds is 5. The lowest BCUT2D eigenvalue weighted by Gasteiger charge is -2.35. The Bertz CT molecular complexity index is 406. The van der Waals surface area contributed by atoms with Crippen molar-refractivity contribution in [1.82, 2.24) is 5.32 Å². The molecule has 19 heavy (non-hydrogen) atoms. The second-order valence-corrected chi connectivity index (χ2v) is 5.10. The molecule has 1 N–H and O–H groups in total. The molecule has 1 heterocycles. The summed E-state index contributed by atoms with van der Waals surface area (Å²) >= 11 is 0. The molecule has 1 aromatic rings. The van der Waals surface area contributed by atoms with Gasteiger partial charge < -0.3 is 19.5 Å². The van der Waals surface area contributed by atoms with Crippen LogP contribution < -0.4 is 10.1 Å². The Labute approximate surface area is 115 Å². The van der Waals surface area contributed by atoms with Gasteiger partial charge in [-0.15, -0.1) is 0 Å². The third-order valence-corrected chi connectivity index (χ3v) is 3.64. The molecule has 3 atom stereocenters. The lowest BCUT2D eigenvalue weighted by molar-refractivity contribution is -0.122. The van der Waals surface area contributed by atoms with Crippen LogP contribution in [0, 0.1) is 5.92 Å². The molecule has 0 bridgehead atoms. The van der Waals surface area contributed by atoms with Crippen LogP contribution >= 0.6 is 0 Å². The first-order valence-corrected chi connectivity index (χ1v) is 6.70. The van der Waals surface area contributed by atoms with Crippen LogP contribution in [0.3, 0.4) is 0 Å². The summed E-state index contributed by atoms with van der Waals surface area (Å²) in [6, 6.07) is 8.54. The van der Waals surface area contributed by atoms with E-state index in [-0.39, 0.29) is 18.4 Å². The van der Waals surface area contributed by atoms with Crippen molar-refractivity contribution in [2.75, 3.05) is 20.8 Å². The Morgan fingerprint density at radius 1 is 1.26 bits per heavy atom. The van der Waals surface area contributed by atoms with Gasteiger partial charge in [-0.05, 0) is 13.0 Å². The Morgan fingerprint density at radius 2 is 1.95 bits per heavy atom. The highest BCUT2D eigenvalue weighted by atomic mass is 16.7. The quantitative estimate of drug-likeness (QED) is 0.830. The molecule has 1 aliphatic rings. The van der Waals surface area contributed by atoms with Crippen LogP contribution in [0.15, 0.2) is 24.3 Å². The smallest absolute Gasteiger partial charge is 0.171 e. The molecule has 0 amide bonds. The number of para-hydroxylation sites is 1. The van der Waals surface area contributed by atoms with Gasteiger partial charge in [-0.3, -0.25) is 0 Å². The second-order valence-electron chi connectivity index (χ2n) is 5.10. The third kappa shape index (κ3) is 3.08. The number of benzene rings is 1. The van der Waals surface area contributed by atoms with Crippen LogP contribution in [-0.4, -0.2) is 33.2 Å². The molecule has 0 saturated carbocycles. The monoisotopic (exact) mass is 265 g/mol. The van der Waals surface area contributed by atoms with Crippen LogP contribution in [0.25, 0.3) is 0 Å². The molecule has 4 nitrogen and oxygen atoms in total. The molecule has 0 spiro atoms. The van der Waals surface area contributed by atoms with Gasteiger partial charge in [0.2, 0.25) is 0 Å². The molecule has 4 heteroatoms. The first-order chi connectivity index (χ1) is 9.17. The lowest BCUT2D eigenvalue weighted by Crippen LogP contribution is -2.45. The molecule has 2 rings (SSSR count). The molecule has 0 saturated heterocycles. The van der Waals surface area contributed by atoms with Crippen molar-refractivity contribution in [2.24, 2.45) is 5.92 Å². The van der Waals surface area contributed by atoms with E-state index >= 15 is 0 Å². The Balaban J connectivity index is 2.15. The highest BCUT2D eigenvalue weighted by molar-refractivity contribution is 5.38. The zero-order chi connectivity index (χ0) is 13.8. The van der Waals surface area contributed by atoms with Gasteiger partial charge in [0.05, 0.1) is 12.6 Å². The maximum Gasteiger partial charge on any atom is 0.171 e. The zero-order valence-corrected chi connectivity index (χ0v) is 12.1. The highest BCUT2D eigenvalue weighted by Gasteiger charge is 2.30. The molecule has 0 aromatic heterocycles. The number of fused-ring (bicyclic) bond motifs is 1. The van der Waals surface area contributed by atoms with E-state index in [0.717, 1.165) is 12.4 Å². The van der Waals surface area contributed by atoms with Crippen molar-refractivity contribution < 1.29 is 14.2 Å². The lowest BCUT2D eigenvalue weighted by atomic mass is 9.91. The fraction of sp³-hybridized carbons (Fsp3) is 0.600. The van der Waals surface area contributed by atoms with Crippen molar-refractivity contribution in [3.05, 3.63) is 29.8 Å². The van der Waals surface area contributed by atoms with Crippen LogP contribution in [0.4, 0.5) is 0 Å². The van der Waals surface area contributed by atoms with Gasteiger partial charge in [0.25, 0.3) is 0 Å². The van der Waals surface area contributed by atoms with E-state index in [2.05, 4.69) is 25.2 Å². The fourth-order valence-corrected chi connectivity index (χ4v) is 2.61. The van der Waals surface area contributed by atoms with Gasteiger partial charge >= 0.3 is 0 Å². The van der Waals surface area contributed by atoms with Crippen LogP contribution in [0.2, 0.25) is 0 Å². The Kier molecular flexibility index (Phi) is 4.80. The normalized spacial score (nSPS) is 23.8. The topological polar surface area (TPSA) is 39.7 Å². The molecular formula is C15H23NO3. The first-order valence-electron chi connectivity index (χ1n) is 6.70. The Hall–Kier alpha value is -1.10. The van der Waals surface area contributed by atoms with Crippen molar-refractivity contribution in [3.8, 4) is 5.75 Å². The summed E-state index contributed by atoms with van der Waals surface area (Å²) in [5.41, 5.74) is 1.21. The maximum atomic E-state index is 5.76. The standard InChI is InChI=1S/C15H23NO3/c1-10-9-19-13-8-6-5-7-12(13)14(10)16-11(2)15(17-3)18-4/h5-8,10-11,14-16H,9H2,1-4H3. The summed E-state index contributed by atoms with van der Waals surface area (Å²) in [6.45, 7) is 4.99. The summed E-state index contributed by atoms with van der Waals surface area (Å²) in [6.07, 6.45) is -0.248. The minimum absolute atomic E-state index is 0.105. The molecular weight excluding hydrogens is 242 g/mol. The number of nitrogens with one attached hydrogen (secondary N) is 1. The van der Waals surface area contributed by atoms with Crippen LogP contribution in [0.1, 0.15) is 25.5 Å². The summed E-state index contributed by atoms with van der Waals surface area (Å²) < 4.78 is 16.4. The van der Waals surface area contributed by atoms with Gasteiger partial charge in [-0.25, -0.2) is 0 Å². The largest absolute Gasteiger partial charge is 0.493 e. The van der Waals surface area contributed by atoms with Crippen molar-refractivity contribution in [1.29, 1.82) is 0 Å². The SMILES string of the molecule is COC(OC)C(C)NC1c2ccccc2OCC1C. The van der Waals surface area contributed by atoms with Crippen molar-refractivity contribution >= 4 is 0 Å². The first kappa shape index (κ1) is 14.3. The minimum atomic E-state index is -0.248. The van der Waals surface area contributed by atoms with Crippen LogP contribution in [0.5, 0.6) is 5.75 Å². The molecule has 0 radical (unpaired) electrons. The van der Waals surface area contributed by atoms with Crippen molar-refractivity contribution in [2.45, 2.75) is 32.2 Å². The molecule has 1 aliphatic heterocycles. The maximum absolute atomic E-state index is 5.76. The van der Waals surface area contributed by atoms with E-state index in [1.807, 2.05) is 18.2 Å². The molecule has 0 fully saturated rings. The van der Waals surface area contributed by atoms with Gasteiger partial charge in [-0.2, -0.15) is 0 Å². The third-order valence-electron chi connectivity index (χ3n) is 3.64. The highest BCUT2D eigenvalue weighted by Crippen LogP contribution is 2.35. The summed E-state index contributed by atoms with van der Waals surface area (Å²) in [4.78, 5) is 0. The molecule has 0 aliphatic carbocycles. The summed E-state index contributed by atoms with van der Waals surface area (Å²) in [5.74, 6) is 1.38. The average Bonchev–Trinajstić information content (AvgIpc) is 2.43. The van der Waals surface area contributed by atoms with E-state index < -0.39 is 0 Å². The fourth-order valence-electron chi connectivity index (χ4n) is 2.61. The molecule has 3 unspecified atom stereocenters. The average molecular weight is 265 g/mol. The van der Waals surface area contributed by atoms with Gasteiger partial charge in [0.1, 0.15) is 5.75 Å². The predicted molar refractivity (Wildman–Crippen MR) is 74.2 cm³/mol. The van der Waals surface area contributed by atoms with E-state index in [1.165, 1.54) is 5.56 Å². The minimum Gasteiger partial charge on any atom is -0.493 e. The van der Waals surface area contributed by atoms with Crippen LogP contribution in [-0.2, 0) is 9.47 Å². The van der Waals surface area contributed by atoms with Gasteiger partial charge in [0, 0.05) is 31.7 Å². The van der Waals surface area contributed by atoms with E-state index in [0.29, 0.717) is 5.92 Å². The number of ether oxygens (including phenoxy) is 3. The molecule has 1 aromatic carbocycles. The number of hydrogen-bond donors (Lipinski definition) is 1.